The summed E-state index contributed by atoms with van der Waals surface area (Å²) in [5, 5.41) is 13.7. The van der Waals surface area contributed by atoms with E-state index in [1.165, 1.54) is 12.1 Å². The van der Waals surface area contributed by atoms with Gasteiger partial charge in [-0.25, -0.2) is 4.98 Å². The van der Waals surface area contributed by atoms with Gasteiger partial charge in [0, 0.05) is 23.9 Å². The zero-order valence-electron chi connectivity index (χ0n) is 13.7. The van der Waals surface area contributed by atoms with Gasteiger partial charge in [-0.1, -0.05) is 12.1 Å². The second-order valence-electron chi connectivity index (χ2n) is 5.78. The number of amides is 1. The highest BCUT2D eigenvalue weighted by Crippen LogP contribution is 2.17. The Kier molecular flexibility index (Phi) is 5.08. The molecule has 0 bridgehead atoms. The van der Waals surface area contributed by atoms with Crippen LogP contribution in [0.5, 0.6) is 0 Å². The summed E-state index contributed by atoms with van der Waals surface area (Å²) in [4.78, 5) is 29.9. The van der Waals surface area contributed by atoms with E-state index in [1.807, 2.05) is 29.3 Å². The minimum Gasteiger partial charge on any atom is -0.376 e. The number of aromatic nitrogens is 1. The van der Waals surface area contributed by atoms with E-state index in [1.54, 1.807) is 12.1 Å². The van der Waals surface area contributed by atoms with Crippen molar-refractivity contribution in [2.75, 3.05) is 42.9 Å². The number of non-ortho nitro benzene ring substituents is 1. The molecule has 130 valence electrons. The molecule has 2 heterocycles. The van der Waals surface area contributed by atoms with E-state index in [-0.39, 0.29) is 18.1 Å². The summed E-state index contributed by atoms with van der Waals surface area (Å²) in [5.74, 6) is 1.03. The van der Waals surface area contributed by atoms with Crippen LogP contribution in [0.15, 0.2) is 48.7 Å². The van der Waals surface area contributed by atoms with Gasteiger partial charge < -0.3 is 10.2 Å². The van der Waals surface area contributed by atoms with E-state index in [4.69, 9.17) is 0 Å². The number of nitrogens with one attached hydrogen (secondary N) is 2. The van der Waals surface area contributed by atoms with Crippen molar-refractivity contribution in [2.24, 2.45) is 0 Å². The maximum Gasteiger partial charge on any atom is 0.274 e. The average molecular weight is 342 g/mol. The van der Waals surface area contributed by atoms with Gasteiger partial charge in [0.25, 0.3) is 11.5 Å². The van der Waals surface area contributed by atoms with Crippen LogP contribution in [0, 0.1) is 10.1 Å². The van der Waals surface area contributed by atoms with Gasteiger partial charge in [0.15, 0.2) is 0 Å². The fourth-order valence-electron chi connectivity index (χ4n) is 2.80. The topological polar surface area (TPSA) is 92.9 Å². The lowest BCUT2D eigenvalue weighted by Crippen LogP contribution is -2.51. The van der Waals surface area contributed by atoms with Crippen LogP contribution >= 0.6 is 0 Å². The van der Waals surface area contributed by atoms with E-state index in [0.717, 1.165) is 18.9 Å². The molecule has 25 heavy (non-hydrogen) atoms. The monoisotopic (exact) mass is 342 g/mol. The Hall–Kier alpha value is -3.16. The summed E-state index contributed by atoms with van der Waals surface area (Å²) in [6.07, 6.45) is 1.88. The minimum absolute atomic E-state index is 0.00479. The van der Waals surface area contributed by atoms with Crippen molar-refractivity contribution >= 4 is 23.1 Å². The van der Waals surface area contributed by atoms with Gasteiger partial charge >= 0.3 is 0 Å². The number of pyridine rings is 1. The molecule has 0 radical (unpaired) electrons. The fraction of sp³-hybridized carbons (Fsp3) is 0.294. The van der Waals surface area contributed by atoms with Crippen LogP contribution in [0.2, 0.25) is 0 Å². The molecule has 1 aliphatic rings. The number of rotatable bonds is 5. The molecule has 2 N–H and O–H groups in total. The molecule has 0 spiro atoms. The van der Waals surface area contributed by atoms with Crippen LogP contribution in [0.1, 0.15) is 0 Å². The van der Waals surface area contributed by atoms with Gasteiger partial charge in [-0.2, -0.15) is 0 Å². The molecule has 1 aromatic heterocycles. The molecule has 1 saturated heterocycles. The van der Waals surface area contributed by atoms with Crippen LogP contribution in [-0.2, 0) is 4.79 Å². The van der Waals surface area contributed by atoms with Gasteiger partial charge in [0.1, 0.15) is 13.1 Å². The molecule has 0 unspecified atom stereocenters. The molecule has 0 atom stereocenters. The van der Waals surface area contributed by atoms with Crippen molar-refractivity contribution in [2.45, 2.75) is 0 Å². The van der Waals surface area contributed by atoms with Crippen molar-refractivity contribution in [1.29, 1.82) is 0 Å². The quantitative estimate of drug-likeness (QED) is 0.650. The van der Waals surface area contributed by atoms with Crippen molar-refractivity contribution in [3.05, 3.63) is 58.8 Å². The second kappa shape index (κ2) is 7.61. The zero-order valence-corrected chi connectivity index (χ0v) is 13.7. The van der Waals surface area contributed by atoms with Crippen LogP contribution in [-0.4, -0.2) is 48.5 Å². The van der Waals surface area contributed by atoms with E-state index >= 15 is 0 Å². The summed E-state index contributed by atoms with van der Waals surface area (Å²) in [6, 6.07) is 12.1. The van der Waals surface area contributed by atoms with Gasteiger partial charge in [-0.3, -0.25) is 19.8 Å². The van der Waals surface area contributed by atoms with Gasteiger partial charge in [-0.05, 0) is 12.1 Å². The summed E-state index contributed by atoms with van der Waals surface area (Å²) in [5.41, 5.74) is 0.574. The third-order valence-electron chi connectivity index (χ3n) is 4.17. The third-order valence-corrected chi connectivity index (χ3v) is 4.17. The SMILES string of the molecule is O=C(CNc1cccc([N+](=O)[O-])c1)N1CCN(c2cccc[nH+]2)CC1. The maximum atomic E-state index is 12.3. The minimum atomic E-state index is -0.452. The van der Waals surface area contributed by atoms with Crippen molar-refractivity contribution < 1.29 is 14.7 Å². The molecule has 1 aromatic carbocycles. The van der Waals surface area contributed by atoms with Crippen LogP contribution in [0.4, 0.5) is 17.2 Å². The standard InChI is InChI=1S/C17H19N5O3/c23-17(13-19-14-4-3-5-15(12-14)22(24)25)21-10-8-20(9-11-21)16-6-1-2-7-18-16/h1-7,12,19H,8-11,13H2/p+1. The van der Waals surface area contributed by atoms with Crippen molar-refractivity contribution in [3.63, 3.8) is 0 Å². The first-order valence-electron chi connectivity index (χ1n) is 8.11. The number of piperazine rings is 1. The number of aromatic amines is 1. The summed E-state index contributed by atoms with van der Waals surface area (Å²) in [6.45, 7) is 2.96. The molecular formula is C17H20N5O3+. The van der Waals surface area contributed by atoms with Crippen molar-refractivity contribution in [1.82, 2.24) is 4.90 Å². The van der Waals surface area contributed by atoms with E-state index in [2.05, 4.69) is 15.2 Å². The Labute approximate surface area is 145 Å². The molecular weight excluding hydrogens is 322 g/mol. The number of carbonyl (C=O) groups is 1. The average Bonchev–Trinajstić information content (AvgIpc) is 2.67. The zero-order chi connectivity index (χ0) is 17.6. The summed E-state index contributed by atoms with van der Waals surface area (Å²) >= 11 is 0. The molecule has 8 nitrogen and oxygen atoms in total. The number of nitro groups is 1. The highest BCUT2D eigenvalue weighted by atomic mass is 16.6. The number of carbonyl (C=O) groups excluding carboxylic acids is 1. The van der Waals surface area contributed by atoms with E-state index < -0.39 is 4.92 Å². The Morgan fingerprint density at radius 3 is 2.64 bits per heavy atom. The van der Waals surface area contributed by atoms with Gasteiger partial charge in [-0.15, -0.1) is 0 Å². The predicted molar refractivity (Wildman–Crippen MR) is 93.4 cm³/mol. The first kappa shape index (κ1) is 16.7. The molecule has 2 aromatic rings. The number of anilines is 2. The molecule has 0 saturated carbocycles. The lowest BCUT2D eigenvalue weighted by Gasteiger charge is -2.31. The number of benzene rings is 1. The number of nitrogens with zero attached hydrogens (tertiary/aromatic N) is 3. The van der Waals surface area contributed by atoms with Gasteiger partial charge in [0.2, 0.25) is 5.91 Å². The molecule has 1 amide bonds. The van der Waals surface area contributed by atoms with Gasteiger partial charge in [0.05, 0.1) is 30.8 Å². The second-order valence-corrected chi connectivity index (χ2v) is 5.78. The number of hydrogen-bond acceptors (Lipinski definition) is 5. The van der Waals surface area contributed by atoms with Crippen LogP contribution < -0.4 is 15.2 Å². The third kappa shape index (κ3) is 4.23. The van der Waals surface area contributed by atoms with E-state index in [0.29, 0.717) is 18.8 Å². The number of nitro benzene ring substituents is 1. The molecule has 8 heteroatoms. The normalized spacial score (nSPS) is 14.2. The molecule has 3 rings (SSSR count). The maximum absolute atomic E-state index is 12.3. The lowest BCUT2D eigenvalue weighted by molar-refractivity contribution is -0.384. The van der Waals surface area contributed by atoms with Crippen molar-refractivity contribution in [3.8, 4) is 0 Å². The molecule has 1 aliphatic heterocycles. The largest absolute Gasteiger partial charge is 0.376 e. The summed E-state index contributed by atoms with van der Waals surface area (Å²) in [7, 11) is 0. The van der Waals surface area contributed by atoms with E-state index in [9.17, 15) is 14.9 Å². The predicted octanol–water partition coefficient (Wildman–Crippen LogP) is 1.17. The molecule has 1 fully saturated rings. The fourth-order valence-corrected chi connectivity index (χ4v) is 2.80. The van der Waals surface area contributed by atoms with Crippen LogP contribution in [0.3, 0.4) is 0 Å². The highest BCUT2D eigenvalue weighted by molar-refractivity contribution is 5.81. The molecule has 0 aliphatic carbocycles. The lowest BCUT2D eigenvalue weighted by atomic mass is 10.2. The first-order valence-corrected chi connectivity index (χ1v) is 8.11. The smallest absolute Gasteiger partial charge is 0.274 e. The Morgan fingerprint density at radius 1 is 1.16 bits per heavy atom. The summed E-state index contributed by atoms with van der Waals surface area (Å²) < 4.78 is 0. The number of H-pyrrole nitrogens is 1. The Bertz CT molecular complexity index is 745. The first-order chi connectivity index (χ1) is 12.1. The Morgan fingerprint density at radius 2 is 1.96 bits per heavy atom. The number of hydrogen-bond donors (Lipinski definition) is 1. The highest BCUT2D eigenvalue weighted by Gasteiger charge is 2.25. The Balaban J connectivity index is 1.50. The van der Waals surface area contributed by atoms with Crippen LogP contribution in [0.25, 0.3) is 0 Å².